The molecule has 4 aliphatic carbocycles. The molecule has 0 amide bonds. The lowest BCUT2D eigenvalue weighted by atomic mass is 9.48. The molecule has 1 heterocycles. The standard InChI is InChI=1S/C27H25BrIN3O3/c28-20-10-18(27-11-15-7-16(12-27)9-17(8-15)13-27)5-6-23(20)32-25(34)19(24(33)31-26(32)35)14-30-22-4-2-1-3-21(22)29/h1-6,10,14-17,34H,7-9,11-13H2,(H,31,33,35). The topological polar surface area (TPSA) is 87.5 Å². The van der Waals surface area contributed by atoms with E-state index < -0.39 is 17.1 Å². The van der Waals surface area contributed by atoms with Gasteiger partial charge in [0.2, 0.25) is 5.88 Å². The maximum absolute atomic E-state index is 12.8. The molecule has 2 N–H and O–H groups in total. The van der Waals surface area contributed by atoms with E-state index in [0.717, 1.165) is 30.4 Å². The summed E-state index contributed by atoms with van der Waals surface area (Å²) in [6.07, 6.45) is 9.18. The number of aliphatic imine (C=N–C) groups is 1. The highest BCUT2D eigenvalue weighted by atomic mass is 127. The second-order valence-electron chi connectivity index (χ2n) is 10.4. The number of hydrogen-bond acceptors (Lipinski definition) is 4. The maximum atomic E-state index is 12.8. The van der Waals surface area contributed by atoms with E-state index in [-0.39, 0.29) is 11.0 Å². The van der Waals surface area contributed by atoms with Crippen LogP contribution in [0.15, 0.2) is 61.5 Å². The number of H-pyrrole nitrogens is 1. The predicted octanol–water partition coefficient (Wildman–Crippen LogP) is 5.82. The smallest absolute Gasteiger partial charge is 0.335 e. The molecule has 0 atom stereocenters. The summed E-state index contributed by atoms with van der Waals surface area (Å²) in [7, 11) is 0. The molecule has 4 fully saturated rings. The van der Waals surface area contributed by atoms with Crippen molar-refractivity contribution in [2.75, 3.05) is 0 Å². The molecular weight excluding hydrogens is 621 g/mol. The number of rotatable bonds is 4. The Balaban J connectivity index is 1.39. The van der Waals surface area contributed by atoms with Gasteiger partial charge in [0, 0.05) is 14.3 Å². The van der Waals surface area contributed by atoms with E-state index >= 15 is 0 Å². The summed E-state index contributed by atoms with van der Waals surface area (Å²) in [4.78, 5) is 32.0. The first kappa shape index (κ1) is 23.2. The van der Waals surface area contributed by atoms with Crippen molar-refractivity contribution in [3.05, 3.63) is 82.5 Å². The molecule has 35 heavy (non-hydrogen) atoms. The van der Waals surface area contributed by atoms with Gasteiger partial charge in [-0.05, 0) is 130 Å². The zero-order chi connectivity index (χ0) is 24.3. The highest BCUT2D eigenvalue weighted by Crippen LogP contribution is 2.61. The Kier molecular flexibility index (Phi) is 5.79. The van der Waals surface area contributed by atoms with Crippen molar-refractivity contribution in [1.29, 1.82) is 0 Å². The van der Waals surface area contributed by atoms with Gasteiger partial charge in [-0.25, -0.2) is 9.36 Å². The molecule has 7 rings (SSSR count). The number of hydrogen-bond donors (Lipinski definition) is 2. The Hall–Kier alpha value is -2.20. The lowest BCUT2D eigenvalue weighted by molar-refractivity contribution is -0.00521. The van der Waals surface area contributed by atoms with Crippen molar-refractivity contribution in [2.24, 2.45) is 22.7 Å². The third kappa shape index (κ3) is 4.02. The lowest BCUT2D eigenvalue weighted by Gasteiger charge is -2.57. The second kappa shape index (κ2) is 8.73. The van der Waals surface area contributed by atoms with Crippen LogP contribution in [0.5, 0.6) is 5.88 Å². The molecule has 0 aliphatic heterocycles. The van der Waals surface area contributed by atoms with E-state index in [4.69, 9.17) is 0 Å². The number of benzene rings is 2. The van der Waals surface area contributed by atoms with Crippen molar-refractivity contribution < 1.29 is 5.11 Å². The zero-order valence-corrected chi connectivity index (χ0v) is 22.8. The van der Waals surface area contributed by atoms with Crippen LogP contribution < -0.4 is 11.2 Å². The normalized spacial score (nSPS) is 27.1. The quantitative estimate of drug-likeness (QED) is 0.277. The molecule has 1 aromatic heterocycles. The molecular formula is C27H25BrIN3O3. The van der Waals surface area contributed by atoms with Crippen molar-refractivity contribution in [2.45, 2.75) is 43.9 Å². The molecule has 3 aromatic rings. The van der Waals surface area contributed by atoms with Crippen molar-refractivity contribution in [3.8, 4) is 11.6 Å². The molecule has 0 saturated heterocycles. The minimum Gasteiger partial charge on any atom is -0.493 e. The Morgan fingerprint density at radius 1 is 1.06 bits per heavy atom. The minimum atomic E-state index is -0.692. The van der Waals surface area contributed by atoms with Crippen LogP contribution in [0.2, 0.25) is 0 Å². The summed E-state index contributed by atoms with van der Waals surface area (Å²) in [6, 6.07) is 13.6. The van der Waals surface area contributed by atoms with Crippen LogP contribution >= 0.6 is 38.5 Å². The Labute approximate surface area is 224 Å². The van der Waals surface area contributed by atoms with Gasteiger partial charge in [-0.1, -0.05) is 18.2 Å². The fraction of sp³-hybridized carbons (Fsp3) is 0.370. The number of para-hydroxylation sites is 1. The molecule has 0 unspecified atom stereocenters. The lowest BCUT2D eigenvalue weighted by Crippen LogP contribution is -2.48. The van der Waals surface area contributed by atoms with Crippen LogP contribution in [0.25, 0.3) is 5.69 Å². The van der Waals surface area contributed by atoms with Gasteiger partial charge in [0.25, 0.3) is 5.56 Å². The van der Waals surface area contributed by atoms with E-state index in [2.05, 4.69) is 60.6 Å². The SMILES string of the molecule is O=c1[nH]c(=O)n(-c2ccc(C34CC5CC(CC(C5)C3)C4)cc2Br)c(O)c1C=Nc1ccccc1I. The van der Waals surface area contributed by atoms with E-state index in [1.165, 1.54) is 50.3 Å². The Bertz CT molecular complexity index is 1440. The van der Waals surface area contributed by atoms with Crippen molar-refractivity contribution >= 4 is 50.4 Å². The van der Waals surface area contributed by atoms with Gasteiger partial charge < -0.3 is 5.11 Å². The number of nitrogens with one attached hydrogen (secondary N) is 1. The van der Waals surface area contributed by atoms with Crippen LogP contribution in [-0.2, 0) is 5.41 Å². The summed E-state index contributed by atoms with van der Waals surface area (Å²) in [5.41, 5.74) is 1.25. The van der Waals surface area contributed by atoms with Crippen LogP contribution in [0.1, 0.15) is 49.7 Å². The third-order valence-corrected chi connectivity index (χ3v) is 9.69. The summed E-state index contributed by atoms with van der Waals surface area (Å²) >= 11 is 5.82. The van der Waals surface area contributed by atoms with Gasteiger partial charge in [0.05, 0.1) is 11.4 Å². The van der Waals surface area contributed by atoms with Gasteiger partial charge in [-0.15, -0.1) is 0 Å². The van der Waals surface area contributed by atoms with E-state index in [9.17, 15) is 14.7 Å². The molecule has 2 aromatic carbocycles. The van der Waals surface area contributed by atoms with Gasteiger partial charge in [0.15, 0.2) is 0 Å². The number of halogens is 2. The molecule has 4 bridgehead atoms. The van der Waals surface area contributed by atoms with Crippen molar-refractivity contribution in [1.82, 2.24) is 9.55 Å². The third-order valence-electron chi connectivity index (χ3n) is 8.15. The van der Waals surface area contributed by atoms with E-state index in [1.807, 2.05) is 30.3 Å². The number of aromatic amines is 1. The first-order chi connectivity index (χ1) is 16.8. The Morgan fingerprint density at radius 3 is 2.34 bits per heavy atom. The first-order valence-corrected chi connectivity index (χ1v) is 13.9. The molecule has 6 nitrogen and oxygen atoms in total. The summed E-state index contributed by atoms with van der Waals surface area (Å²) < 4.78 is 2.76. The van der Waals surface area contributed by atoms with Crippen LogP contribution in [0, 0.1) is 21.3 Å². The number of nitrogens with zero attached hydrogens (tertiary/aromatic N) is 2. The monoisotopic (exact) mass is 645 g/mol. The molecule has 4 saturated carbocycles. The molecule has 8 heteroatoms. The van der Waals surface area contributed by atoms with E-state index in [0.29, 0.717) is 11.4 Å². The molecule has 180 valence electrons. The van der Waals surface area contributed by atoms with E-state index in [1.54, 1.807) is 0 Å². The number of aromatic nitrogens is 2. The highest BCUT2D eigenvalue weighted by molar-refractivity contribution is 14.1. The minimum absolute atomic E-state index is 0.0682. The average Bonchev–Trinajstić information content (AvgIpc) is 2.80. The first-order valence-electron chi connectivity index (χ1n) is 12.0. The maximum Gasteiger partial charge on any atom is 0.335 e. The van der Waals surface area contributed by atoms with Gasteiger partial charge in [-0.3, -0.25) is 14.8 Å². The van der Waals surface area contributed by atoms with Crippen LogP contribution in [0.4, 0.5) is 5.69 Å². The summed E-state index contributed by atoms with van der Waals surface area (Å²) in [6.45, 7) is 0. The van der Waals surface area contributed by atoms with Crippen molar-refractivity contribution in [3.63, 3.8) is 0 Å². The second-order valence-corrected chi connectivity index (χ2v) is 12.4. The van der Waals surface area contributed by atoms with Gasteiger partial charge in [0.1, 0.15) is 5.56 Å². The molecule has 0 radical (unpaired) electrons. The number of aromatic hydroxyl groups is 1. The fourth-order valence-electron chi connectivity index (χ4n) is 7.05. The van der Waals surface area contributed by atoms with Crippen LogP contribution in [-0.4, -0.2) is 20.9 Å². The average molecular weight is 646 g/mol. The molecule has 4 aliphatic rings. The van der Waals surface area contributed by atoms with Gasteiger partial charge >= 0.3 is 5.69 Å². The zero-order valence-electron chi connectivity index (χ0n) is 19.0. The van der Waals surface area contributed by atoms with Gasteiger partial charge in [-0.2, -0.15) is 0 Å². The highest BCUT2D eigenvalue weighted by Gasteiger charge is 2.51. The summed E-state index contributed by atoms with van der Waals surface area (Å²) in [5.74, 6) is 2.07. The largest absolute Gasteiger partial charge is 0.493 e. The van der Waals surface area contributed by atoms with Crippen LogP contribution in [0.3, 0.4) is 0 Å². The predicted molar refractivity (Wildman–Crippen MR) is 148 cm³/mol. The summed E-state index contributed by atoms with van der Waals surface area (Å²) in [5, 5.41) is 11.0. The molecule has 0 spiro atoms. The fourth-order valence-corrected chi connectivity index (χ4v) is 8.13. The Morgan fingerprint density at radius 2 is 1.71 bits per heavy atom.